The Bertz CT molecular complexity index is 1020. The molecule has 0 bridgehead atoms. The number of pyridine rings is 1. The Morgan fingerprint density at radius 2 is 1.95 bits per heavy atom. The highest BCUT2D eigenvalue weighted by atomic mass is 15.3. The van der Waals surface area contributed by atoms with Crippen LogP contribution in [0.3, 0.4) is 0 Å². The van der Waals surface area contributed by atoms with E-state index in [1.807, 2.05) is 36.0 Å². The molecule has 0 fully saturated rings. The first-order chi connectivity index (χ1) is 10.3. The van der Waals surface area contributed by atoms with E-state index < -0.39 is 0 Å². The van der Waals surface area contributed by atoms with Crippen LogP contribution in [0.2, 0.25) is 0 Å². The standard InChI is InChI=1S/C15H10N6/c1-20-12-5-3-2-4-11(12)14(19-20)15-18-17-13-7-6-10(8-16)9-21(13)15/h2-7,9H,1H3. The number of hydrogen-bond acceptors (Lipinski definition) is 4. The van der Waals surface area contributed by atoms with Gasteiger partial charge in [-0.2, -0.15) is 10.4 Å². The number of benzene rings is 1. The van der Waals surface area contributed by atoms with Crippen LogP contribution in [0.25, 0.3) is 28.1 Å². The molecule has 100 valence electrons. The molecule has 21 heavy (non-hydrogen) atoms. The van der Waals surface area contributed by atoms with Crippen molar-refractivity contribution in [1.29, 1.82) is 5.26 Å². The normalized spacial score (nSPS) is 11.0. The zero-order valence-corrected chi connectivity index (χ0v) is 11.2. The maximum absolute atomic E-state index is 9.05. The van der Waals surface area contributed by atoms with E-state index in [1.165, 1.54) is 0 Å². The van der Waals surface area contributed by atoms with Crippen LogP contribution >= 0.6 is 0 Å². The third kappa shape index (κ3) is 1.61. The van der Waals surface area contributed by atoms with Crippen molar-refractivity contribution in [2.75, 3.05) is 0 Å². The third-order valence-corrected chi connectivity index (χ3v) is 3.50. The monoisotopic (exact) mass is 274 g/mol. The van der Waals surface area contributed by atoms with Crippen LogP contribution in [0.5, 0.6) is 0 Å². The number of hydrogen-bond donors (Lipinski definition) is 0. The first kappa shape index (κ1) is 11.6. The van der Waals surface area contributed by atoms with Crippen LogP contribution in [0.1, 0.15) is 5.56 Å². The van der Waals surface area contributed by atoms with Gasteiger partial charge in [0.1, 0.15) is 11.8 Å². The van der Waals surface area contributed by atoms with Gasteiger partial charge >= 0.3 is 0 Å². The average molecular weight is 274 g/mol. The van der Waals surface area contributed by atoms with Gasteiger partial charge in [-0.1, -0.05) is 18.2 Å². The zero-order valence-electron chi connectivity index (χ0n) is 11.2. The van der Waals surface area contributed by atoms with Crippen molar-refractivity contribution in [3.05, 3.63) is 48.2 Å². The minimum absolute atomic E-state index is 0.559. The number of para-hydroxylation sites is 1. The molecule has 4 aromatic rings. The molecule has 0 aliphatic heterocycles. The molecule has 3 heterocycles. The summed E-state index contributed by atoms with van der Waals surface area (Å²) in [7, 11) is 1.90. The summed E-state index contributed by atoms with van der Waals surface area (Å²) in [5, 5.41) is 23.0. The Hall–Kier alpha value is -3.20. The summed E-state index contributed by atoms with van der Waals surface area (Å²) in [5.41, 5.74) is 3.04. The predicted octanol–water partition coefficient (Wildman–Crippen LogP) is 2.15. The second-order valence-electron chi connectivity index (χ2n) is 4.77. The maximum Gasteiger partial charge on any atom is 0.189 e. The number of nitriles is 1. The lowest BCUT2D eigenvalue weighted by Gasteiger charge is -1.97. The SMILES string of the molecule is Cn1nc(-c2nnc3ccc(C#N)cn23)c2ccccc21. The first-order valence-corrected chi connectivity index (χ1v) is 6.45. The van der Waals surface area contributed by atoms with E-state index in [0.717, 1.165) is 16.6 Å². The largest absolute Gasteiger partial charge is 0.280 e. The molecule has 0 saturated carbocycles. The molecule has 0 N–H and O–H groups in total. The molecule has 0 radical (unpaired) electrons. The summed E-state index contributed by atoms with van der Waals surface area (Å²) < 4.78 is 3.62. The van der Waals surface area contributed by atoms with Crippen molar-refractivity contribution in [3.63, 3.8) is 0 Å². The molecule has 0 atom stereocenters. The van der Waals surface area contributed by atoms with E-state index in [-0.39, 0.29) is 0 Å². The highest BCUT2D eigenvalue weighted by molar-refractivity contribution is 5.91. The molecule has 0 aliphatic carbocycles. The van der Waals surface area contributed by atoms with Crippen molar-refractivity contribution >= 4 is 16.6 Å². The quantitative estimate of drug-likeness (QED) is 0.533. The van der Waals surface area contributed by atoms with Gasteiger partial charge in [-0.3, -0.25) is 9.08 Å². The number of nitrogens with zero attached hydrogens (tertiary/aromatic N) is 6. The van der Waals surface area contributed by atoms with Gasteiger partial charge in [0, 0.05) is 18.6 Å². The van der Waals surface area contributed by atoms with E-state index in [4.69, 9.17) is 5.26 Å². The summed E-state index contributed by atoms with van der Waals surface area (Å²) in [6.45, 7) is 0. The van der Waals surface area contributed by atoms with Crippen LogP contribution in [0.15, 0.2) is 42.6 Å². The van der Waals surface area contributed by atoms with Crippen molar-refractivity contribution < 1.29 is 0 Å². The highest BCUT2D eigenvalue weighted by Crippen LogP contribution is 2.26. The molecule has 1 aromatic carbocycles. The molecular weight excluding hydrogens is 264 g/mol. The van der Waals surface area contributed by atoms with Gasteiger partial charge in [0.15, 0.2) is 11.5 Å². The van der Waals surface area contributed by atoms with Crippen molar-refractivity contribution in [2.24, 2.45) is 7.05 Å². The summed E-state index contributed by atoms with van der Waals surface area (Å²) in [5.74, 6) is 0.638. The van der Waals surface area contributed by atoms with Crippen molar-refractivity contribution in [2.45, 2.75) is 0 Å². The topological polar surface area (TPSA) is 71.8 Å². The fraction of sp³-hybridized carbons (Fsp3) is 0.0667. The lowest BCUT2D eigenvalue weighted by Crippen LogP contribution is -1.93. The second-order valence-corrected chi connectivity index (χ2v) is 4.77. The third-order valence-electron chi connectivity index (χ3n) is 3.50. The van der Waals surface area contributed by atoms with Gasteiger partial charge in [0.25, 0.3) is 0 Å². The van der Waals surface area contributed by atoms with Crippen LogP contribution < -0.4 is 0 Å². The Morgan fingerprint density at radius 3 is 2.81 bits per heavy atom. The van der Waals surface area contributed by atoms with E-state index in [9.17, 15) is 0 Å². The average Bonchev–Trinajstić information content (AvgIpc) is 3.08. The number of aryl methyl sites for hydroxylation is 1. The number of fused-ring (bicyclic) bond motifs is 2. The fourth-order valence-electron chi connectivity index (χ4n) is 2.50. The summed E-state index contributed by atoms with van der Waals surface area (Å²) in [4.78, 5) is 0. The molecule has 0 unspecified atom stereocenters. The molecule has 0 spiro atoms. The Balaban J connectivity index is 2.07. The minimum Gasteiger partial charge on any atom is -0.280 e. The summed E-state index contributed by atoms with van der Waals surface area (Å²) >= 11 is 0. The maximum atomic E-state index is 9.05. The van der Waals surface area contributed by atoms with Crippen LogP contribution in [0.4, 0.5) is 0 Å². The molecule has 4 rings (SSSR count). The molecule has 6 nitrogen and oxygen atoms in total. The van der Waals surface area contributed by atoms with Gasteiger partial charge in [-0.05, 0) is 18.2 Å². The minimum atomic E-state index is 0.559. The highest BCUT2D eigenvalue weighted by Gasteiger charge is 2.16. The van der Waals surface area contributed by atoms with Crippen molar-refractivity contribution in [1.82, 2.24) is 24.4 Å². The van der Waals surface area contributed by atoms with E-state index >= 15 is 0 Å². The molecule has 0 amide bonds. The van der Waals surface area contributed by atoms with E-state index in [2.05, 4.69) is 21.4 Å². The van der Waals surface area contributed by atoms with Gasteiger partial charge in [-0.15, -0.1) is 10.2 Å². The van der Waals surface area contributed by atoms with Gasteiger partial charge in [0.05, 0.1) is 11.1 Å². The molecule has 0 saturated heterocycles. The smallest absolute Gasteiger partial charge is 0.189 e. The van der Waals surface area contributed by atoms with Gasteiger partial charge < -0.3 is 0 Å². The Labute approximate surface area is 119 Å². The molecule has 6 heteroatoms. The Morgan fingerprint density at radius 1 is 1.10 bits per heavy atom. The molecular formula is C15H10N6. The number of rotatable bonds is 1. The lowest BCUT2D eigenvalue weighted by molar-refractivity contribution is 0.797. The lowest BCUT2D eigenvalue weighted by atomic mass is 10.2. The summed E-state index contributed by atoms with van der Waals surface area (Å²) in [6, 6.07) is 13.6. The second kappa shape index (κ2) is 4.15. The van der Waals surface area contributed by atoms with Crippen molar-refractivity contribution in [3.8, 4) is 17.6 Å². The van der Waals surface area contributed by atoms with Crippen LogP contribution in [-0.4, -0.2) is 24.4 Å². The fourth-order valence-corrected chi connectivity index (χ4v) is 2.50. The van der Waals surface area contributed by atoms with E-state index in [1.54, 1.807) is 22.7 Å². The predicted molar refractivity (Wildman–Crippen MR) is 77.4 cm³/mol. The van der Waals surface area contributed by atoms with Crippen LogP contribution in [-0.2, 0) is 7.05 Å². The molecule has 3 aromatic heterocycles. The first-order valence-electron chi connectivity index (χ1n) is 6.45. The van der Waals surface area contributed by atoms with E-state index in [0.29, 0.717) is 17.0 Å². The van der Waals surface area contributed by atoms with Gasteiger partial charge in [-0.25, -0.2) is 0 Å². The van der Waals surface area contributed by atoms with Crippen LogP contribution in [0, 0.1) is 11.3 Å². The zero-order chi connectivity index (χ0) is 14.4. The molecule has 0 aliphatic rings. The summed E-state index contributed by atoms with van der Waals surface area (Å²) in [6.07, 6.45) is 1.73. The Kier molecular flexibility index (Phi) is 2.29. The van der Waals surface area contributed by atoms with Gasteiger partial charge in [0.2, 0.25) is 0 Å². The number of aromatic nitrogens is 5.